The quantitative estimate of drug-likeness (QED) is 0.597. The van der Waals surface area contributed by atoms with Gasteiger partial charge in [-0.05, 0) is 25.8 Å². The van der Waals surface area contributed by atoms with E-state index in [0.29, 0.717) is 6.42 Å². The van der Waals surface area contributed by atoms with Crippen LogP contribution in [0.5, 0.6) is 0 Å². The summed E-state index contributed by atoms with van der Waals surface area (Å²) in [5.74, 6) is -0.121. The molecule has 0 N–H and O–H groups in total. The molecular formula is C12H16O2Ti. The first kappa shape index (κ1) is 14.4. The maximum absolute atomic E-state index is 11.2. The van der Waals surface area contributed by atoms with Crippen LogP contribution in [0.15, 0.2) is 30.3 Å². The van der Waals surface area contributed by atoms with Gasteiger partial charge in [0.25, 0.3) is 0 Å². The predicted octanol–water partition coefficient (Wildman–Crippen LogP) is 2.57. The summed E-state index contributed by atoms with van der Waals surface area (Å²) in [6, 6.07) is 9.95. The fraction of sp³-hybridized carbons (Fsp3) is 0.417. The number of aryl methyl sites for hydroxylation is 1. The molecule has 80 valence electrons. The van der Waals surface area contributed by atoms with Gasteiger partial charge in [-0.25, -0.2) is 0 Å². The number of hydrogen-bond acceptors (Lipinski definition) is 2. The zero-order valence-electron chi connectivity index (χ0n) is 9.19. The fourth-order valence-electron chi connectivity index (χ4n) is 1.21. The molecule has 1 aromatic carbocycles. The van der Waals surface area contributed by atoms with E-state index in [-0.39, 0.29) is 33.8 Å². The molecule has 0 radical (unpaired) electrons. The number of rotatable bonds is 4. The van der Waals surface area contributed by atoms with E-state index in [1.165, 1.54) is 5.56 Å². The van der Waals surface area contributed by atoms with Crippen LogP contribution in [-0.4, -0.2) is 12.1 Å². The van der Waals surface area contributed by atoms with Crippen LogP contribution in [0.2, 0.25) is 0 Å². The van der Waals surface area contributed by atoms with Crippen molar-refractivity contribution < 1.29 is 31.2 Å². The van der Waals surface area contributed by atoms with Crippen LogP contribution < -0.4 is 0 Å². The van der Waals surface area contributed by atoms with Crippen molar-refractivity contribution in [3.63, 3.8) is 0 Å². The second-order valence-corrected chi connectivity index (χ2v) is 3.52. The van der Waals surface area contributed by atoms with E-state index in [2.05, 4.69) is 0 Å². The van der Waals surface area contributed by atoms with E-state index >= 15 is 0 Å². The average Bonchev–Trinajstić information content (AvgIpc) is 2.15. The third-order valence-electron chi connectivity index (χ3n) is 1.83. The van der Waals surface area contributed by atoms with Gasteiger partial charge in [0.15, 0.2) is 0 Å². The van der Waals surface area contributed by atoms with Gasteiger partial charge in [0.1, 0.15) is 0 Å². The maximum Gasteiger partial charge on any atom is 0.306 e. The van der Waals surface area contributed by atoms with Gasteiger partial charge in [-0.3, -0.25) is 4.79 Å². The predicted molar refractivity (Wildman–Crippen MR) is 56.0 cm³/mol. The van der Waals surface area contributed by atoms with Crippen LogP contribution in [0, 0.1) is 0 Å². The van der Waals surface area contributed by atoms with Crippen molar-refractivity contribution in [2.24, 2.45) is 0 Å². The second kappa shape index (κ2) is 7.66. The zero-order valence-corrected chi connectivity index (χ0v) is 10.8. The molecular weight excluding hydrogens is 224 g/mol. The average molecular weight is 240 g/mol. The molecule has 0 atom stereocenters. The van der Waals surface area contributed by atoms with Crippen molar-refractivity contribution in [1.82, 2.24) is 0 Å². The number of carbonyl (C=O) groups excluding carboxylic acids is 1. The molecule has 0 fully saturated rings. The third kappa shape index (κ3) is 6.48. The van der Waals surface area contributed by atoms with Crippen molar-refractivity contribution in [2.45, 2.75) is 32.8 Å². The van der Waals surface area contributed by atoms with Gasteiger partial charge in [0, 0.05) is 28.1 Å². The minimum atomic E-state index is -0.121. The summed E-state index contributed by atoms with van der Waals surface area (Å²) in [5.41, 5.74) is 1.17. The minimum Gasteiger partial charge on any atom is -0.463 e. The summed E-state index contributed by atoms with van der Waals surface area (Å²) in [5, 5.41) is 0. The summed E-state index contributed by atoms with van der Waals surface area (Å²) in [7, 11) is 0. The Morgan fingerprint density at radius 1 is 1.27 bits per heavy atom. The standard InChI is InChI=1S/C12H16O2.Ti/c1-10(2)14-12(13)9-8-11-6-4-3-5-7-11;/h3-7,10H,8-9H2,1-2H3;. The van der Waals surface area contributed by atoms with Gasteiger partial charge in [0.2, 0.25) is 0 Å². The first-order chi connectivity index (χ1) is 6.68. The SMILES string of the molecule is CC(C)OC(=O)CCc1ccccc1.[Ti]. The zero-order chi connectivity index (χ0) is 10.4. The van der Waals surface area contributed by atoms with Gasteiger partial charge in [-0.15, -0.1) is 0 Å². The van der Waals surface area contributed by atoms with Gasteiger partial charge in [0.05, 0.1) is 6.10 Å². The number of esters is 1. The summed E-state index contributed by atoms with van der Waals surface area (Å²) in [6.45, 7) is 3.72. The molecule has 0 saturated heterocycles. The number of benzene rings is 1. The molecule has 0 spiro atoms. The molecule has 1 aromatic rings. The summed E-state index contributed by atoms with van der Waals surface area (Å²) in [6.07, 6.45) is 1.20. The van der Waals surface area contributed by atoms with Gasteiger partial charge >= 0.3 is 5.97 Å². The Morgan fingerprint density at radius 3 is 2.40 bits per heavy atom. The van der Waals surface area contributed by atoms with E-state index in [4.69, 9.17) is 4.74 Å². The van der Waals surface area contributed by atoms with E-state index in [1.54, 1.807) is 0 Å². The van der Waals surface area contributed by atoms with Crippen molar-refractivity contribution in [1.29, 1.82) is 0 Å². The molecule has 15 heavy (non-hydrogen) atoms. The van der Waals surface area contributed by atoms with Gasteiger partial charge < -0.3 is 4.74 Å². The Kier molecular flexibility index (Phi) is 7.36. The number of hydrogen-bond donors (Lipinski definition) is 0. The van der Waals surface area contributed by atoms with Crippen molar-refractivity contribution in [3.8, 4) is 0 Å². The Labute approximate surface area is 106 Å². The third-order valence-corrected chi connectivity index (χ3v) is 1.83. The van der Waals surface area contributed by atoms with Crippen LogP contribution in [0.25, 0.3) is 0 Å². The molecule has 0 saturated carbocycles. The van der Waals surface area contributed by atoms with E-state index < -0.39 is 0 Å². The van der Waals surface area contributed by atoms with E-state index in [1.807, 2.05) is 44.2 Å². The minimum absolute atomic E-state index is 0. The summed E-state index contributed by atoms with van der Waals surface area (Å²) < 4.78 is 5.03. The molecule has 1 rings (SSSR count). The van der Waals surface area contributed by atoms with Crippen LogP contribution in [0.3, 0.4) is 0 Å². The van der Waals surface area contributed by atoms with Crippen LogP contribution in [-0.2, 0) is 37.7 Å². The molecule has 0 aliphatic carbocycles. The summed E-state index contributed by atoms with van der Waals surface area (Å²) in [4.78, 5) is 11.2. The van der Waals surface area contributed by atoms with Crippen LogP contribution in [0.1, 0.15) is 25.8 Å². The van der Waals surface area contributed by atoms with E-state index in [0.717, 1.165) is 6.42 Å². The Balaban J connectivity index is 0.00000196. The normalized spacial score (nSPS) is 9.53. The molecule has 0 heterocycles. The Morgan fingerprint density at radius 2 is 1.87 bits per heavy atom. The smallest absolute Gasteiger partial charge is 0.306 e. The molecule has 0 bridgehead atoms. The topological polar surface area (TPSA) is 26.3 Å². The molecule has 0 aliphatic rings. The fourth-order valence-corrected chi connectivity index (χ4v) is 1.21. The molecule has 0 unspecified atom stereocenters. The van der Waals surface area contributed by atoms with Crippen molar-refractivity contribution in [3.05, 3.63) is 35.9 Å². The largest absolute Gasteiger partial charge is 0.463 e. The number of ether oxygens (including phenoxy) is 1. The van der Waals surface area contributed by atoms with E-state index in [9.17, 15) is 4.79 Å². The van der Waals surface area contributed by atoms with Crippen LogP contribution >= 0.6 is 0 Å². The van der Waals surface area contributed by atoms with Crippen LogP contribution in [0.4, 0.5) is 0 Å². The molecule has 0 amide bonds. The van der Waals surface area contributed by atoms with Gasteiger partial charge in [-0.2, -0.15) is 0 Å². The maximum atomic E-state index is 11.2. The Bertz CT molecular complexity index is 283. The van der Waals surface area contributed by atoms with Crippen molar-refractivity contribution >= 4 is 5.97 Å². The second-order valence-electron chi connectivity index (χ2n) is 3.52. The first-order valence-corrected chi connectivity index (χ1v) is 4.92. The molecule has 2 nitrogen and oxygen atoms in total. The van der Waals surface area contributed by atoms with Gasteiger partial charge in [-0.1, -0.05) is 30.3 Å². The first-order valence-electron chi connectivity index (χ1n) is 4.92. The van der Waals surface area contributed by atoms with Crippen molar-refractivity contribution in [2.75, 3.05) is 0 Å². The molecule has 3 heteroatoms. The molecule has 0 aromatic heterocycles. The molecule has 0 aliphatic heterocycles. The Hall–Kier alpha value is -0.596. The summed E-state index contributed by atoms with van der Waals surface area (Å²) >= 11 is 0. The monoisotopic (exact) mass is 240 g/mol. The number of carbonyl (C=O) groups is 1.